The number of hydrogen-bond donors (Lipinski definition) is 0. The molecule has 0 fully saturated rings. The molecule has 2 aromatic heterocycles. The van der Waals surface area contributed by atoms with Gasteiger partial charge >= 0.3 is 0 Å². The number of nitrogens with zero attached hydrogens (tertiary/aromatic N) is 2. The molecule has 9 aromatic carbocycles. The number of hydrogen-bond acceptors (Lipinski definition) is 1. The van der Waals surface area contributed by atoms with Crippen molar-refractivity contribution < 1.29 is 0 Å². The lowest BCUT2D eigenvalue weighted by Crippen LogP contribution is -1.93. The highest BCUT2D eigenvalue weighted by Crippen LogP contribution is 2.46. The molecule has 2 heteroatoms. The SMILES string of the molecule is c1ccc(-n2c3ccc(-c4ccc5c(-c6ccc7ccccc7c6)c6ccccc6c(-c6ccc7ccccc7c6)c5c4)cc3c3ncccc32)cc1. The van der Waals surface area contributed by atoms with Gasteiger partial charge in [-0.05, 0) is 131 Å². The largest absolute Gasteiger partial charge is 0.308 e. The fraction of sp³-hybridized carbons (Fsp3) is 0. The summed E-state index contributed by atoms with van der Waals surface area (Å²) < 4.78 is 2.32. The fourth-order valence-electron chi connectivity index (χ4n) is 8.54. The molecular weight excluding hydrogens is 641 g/mol. The second-order valence-corrected chi connectivity index (χ2v) is 14.0. The van der Waals surface area contributed by atoms with E-state index in [0.29, 0.717) is 0 Å². The predicted octanol–water partition coefficient (Wildman–Crippen LogP) is 13.8. The second kappa shape index (κ2) is 11.8. The average molecular weight is 673 g/mol. The molecule has 0 aliphatic carbocycles. The first-order valence-corrected chi connectivity index (χ1v) is 18.2. The molecule has 2 nitrogen and oxygen atoms in total. The first-order valence-electron chi connectivity index (χ1n) is 18.2. The van der Waals surface area contributed by atoms with E-state index in [-0.39, 0.29) is 0 Å². The van der Waals surface area contributed by atoms with E-state index >= 15 is 0 Å². The highest BCUT2D eigenvalue weighted by Gasteiger charge is 2.19. The van der Waals surface area contributed by atoms with Crippen molar-refractivity contribution in [1.82, 2.24) is 9.55 Å². The van der Waals surface area contributed by atoms with Crippen LogP contribution in [0, 0.1) is 0 Å². The average Bonchev–Trinajstić information content (AvgIpc) is 3.56. The smallest absolute Gasteiger partial charge is 0.0963 e. The summed E-state index contributed by atoms with van der Waals surface area (Å²) in [6, 6.07) is 68.7. The third-order valence-corrected chi connectivity index (χ3v) is 11.0. The van der Waals surface area contributed by atoms with Gasteiger partial charge < -0.3 is 4.57 Å². The Morgan fingerprint density at radius 2 is 0.849 bits per heavy atom. The molecule has 0 saturated carbocycles. The minimum Gasteiger partial charge on any atom is -0.308 e. The van der Waals surface area contributed by atoms with Gasteiger partial charge in [0.15, 0.2) is 0 Å². The second-order valence-electron chi connectivity index (χ2n) is 14.0. The van der Waals surface area contributed by atoms with Crippen molar-refractivity contribution in [3.8, 4) is 39.1 Å². The van der Waals surface area contributed by atoms with Crippen LogP contribution in [0.4, 0.5) is 0 Å². The number of aromatic nitrogens is 2. The van der Waals surface area contributed by atoms with Gasteiger partial charge in [-0.25, -0.2) is 0 Å². The zero-order valence-electron chi connectivity index (χ0n) is 28.9. The molecule has 11 aromatic rings. The van der Waals surface area contributed by atoms with Gasteiger partial charge in [-0.3, -0.25) is 4.98 Å². The Morgan fingerprint density at radius 3 is 1.53 bits per heavy atom. The summed E-state index contributed by atoms with van der Waals surface area (Å²) in [6.07, 6.45) is 1.90. The van der Waals surface area contributed by atoms with E-state index in [1.807, 2.05) is 12.3 Å². The molecule has 53 heavy (non-hydrogen) atoms. The number of para-hydroxylation sites is 1. The number of rotatable bonds is 4. The van der Waals surface area contributed by atoms with Gasteiger partial charge in [0.2, 0.25) is 0 Å². The van der Waals surface area contributed by atoms with Crippen LogP contribution in [0.3, 0.4) is 0 Å². The maximum Gasteiger partial charge on any atom is 0.0963 e. The molecule has 11 rings (SSSR count). The lowest BCUT2D eigenvalue weighted by molar-refractivity contribution is 1.18. The standard InChI is InChI=1S/C51H32N2/c1-2-15-41(16-3-1)53-47-27-25-38(32-46(47)51-48(53)19-10-28-52-51)37-24-26-44-45(31-37)50(40-23-21-34-12-5-7-14-36(34)30-40)43-18-9-8-17-42(43)49(44)39-22-20-33-11-4-6-13-35(33)29-39/h1-32H. The number of fused-ring (bicyclic) bond motifs is 7. The quantitative estimate of drug-likeness (QED) is 0.170. The number of pyridine rings is 1. The van der Waals surface area contributed by atoms with Crippen LogP contribution in [0.1, 0.15) is 0 Å². The summed E-state index contributed by atoms with van der Waals surface area (Å²) in [4.78, 5) is 4.90. The van der Waals surface area contributed by atoms with Crippen molar-refractivity contribution in [3.05, 3.63) is 194 Å². The Hall–Kier alpha value is -7.03. The van der Waals surface area contributed by atoms with Gasteiger partial charge in [-0.15, -0.1) is 0 Å². The Kier molecular flexibility index (Phi) is 6.59. The fourth-order valence-corrected chi connectivity index (χ4v) is 8.54. The van der Waals surface area contributed by atoms with Gasteiger partial charge in [0.05, 0.1) is 16.6 Å². The highest BCUT2D eigenvalue weighted by molar-refractivity contribution is 6.22. The predicted molar refractivity (Wildman–Crippen MR) is 225 cm³/mol. The molecule has 0 saturated heterocycles. The van der Waals surface area contributed by atoms with Crippen LogP contribution < -0.4 is 0 Å². The Balaban J connectivity index is 1.21. The van der Waals surface area contributed by atoms with E-state index < -0.39 is 0 Å². The summed E-state index contributed by atoms with van der Waals surface area (Å²) >= 11 is 0. The van der Waals surface area contributed by atoms with Crippen molar-refractivity contribution in [2.75, 3.05) is 0 Å². The first kappa shape index (κ1) is 29.7. The molecule has 0 spiro atoms. The van der Waals surface area contributed by atoms with Gasteiger partial charge in [0.1, 0.15) is 0 Å². The molecule has 0 bridgehead atoms. The van der Waals surface area contributed by atoms with Crippen molar-refractivity contribution in [2.45, 2.75) is 0 Å². The summed E-state index contributed by atoms with van der Waals surface area (Å²) in [5.41, 5.74) is 11.7. The number of benzene rings is 9. The minimum atomic E-state index is 1.01. The highest BCUT2D eigenvalue weighted by atomic mass is 15.0. The summed E-state index contributed by atoms with van der Waals surface area (Å²) in [5, 5.41) is 11.1. The van der Waals surface area contributed by atoms with Gasteiger partial charge in [-0.2, -0.15) is 0 Å². The van der Waals surface area contributed by atoms with Crippen molar-refractivity contribution >= 4 is 65.0 Å². The van der Waals surface area contributed by atoms with Gasteiger partial charge in [-0.1, -0.05) is 133 Å². The van der Waals surface area contributed by atoms with Crippen LogP contribution in [0.25, 0.3) is 104 Å². The van der Waals surface area contributed by atoms with E-state index in [1.54, 1.807) is 0 Å². The summed E-state index contributed by atoms with van der Waals surface area (Å²) in [6.45, 7) is 0. The molecule has 0 amide bonds. The van der Waals surface area contributed by atoms with Crippen LogP contribution in [0.5, 0.6) is 0 Å². The third kappa shape index (κ3) is 4.70. The van der Waals surface area contributed by atoms with Gasteiger partial charge in [0.25, 0.3) is 0 Å². The van der Waals surface area contributed by atoms with Crippen LogP contribution in [-0.4, -0.2) is 9.55 Å². The van der Waals surface area contributed by atoms with E-state index in [2.05, 4.69) is 187 Å². The molecule has 0 aliphatic heterocycles. The van der Waals surface area contributed by atoms with Crippen LogP contribution in [0.2, 0.25) is 0 Å². The van der Waals surface area contributed by atoms with E-state index in [9.17, 15) is 0 Å². The maximum absolute atomic E-state index is 4.90. The van der Waals surface area contributed by atoms with Gasteiger partial charge in [0, 0.05) is 17.3 Å². The maximum atomic E-state index is 4.90. The molecule has 246 valence electrons. The lowest BCUT2D eigenvalue weighted by atomic mass is 9.84. The normalized spacial score (nSPS) is 11.8. The lowest BCUT2D eigenvalue weighted by Gasteiger charge is -2.19. The van der Waals surface area contributed by atoms with E-state index in [1.165, 1.54) is 76.5 Å². The first-order chi connectivity index (χ1) is 26.3. The Labute approximate surface area is 306 Å². The molecule has 2 heterocycles. The van der Waals surface area contributed by atoms with Crippen molar-refractivity contribution in [2.24, 2.45) is 0 Å². The Morgan fingerprint density at radius 1 is 0.321 bits per heavy atom. The summed E-state index contributed by atoms with van der Waals surface area (Å²) in [7, 11) is 0. The molecule has 0 unspecified atom stereocenters. The van der Waals surface area contributed by atoms with Crippen molar-refractivity contribution in [1.29, 1.82) is 0 Å². The van der Waals surface area contributed by atoms with E-state index in [4.69, 9.17) is 4.98 Å². The molecule has 0 aliphatic rings. The third-order valence-electron chi connectivity index (χ3n) is 11.0. The van der Waals surface area contributed by atoms with Crippen LogP contribution in [-0.2, 0) is 0 Å². The van der Waals surface area contributed by atoms with Crippen molar-refractivity contribution in [3.63, 3.8) is 0 Å². The summed E-state index contributed by atoms with van der Waals surface area (Å²) in [5.74, 6) is 0. The molecule has 0 atom stereocenters. The zero-order valence-corrected chi connectivity index (χ0v) is 28.9. The molecule has 0 radical (unpaired) electrons. The Bertz CT molecular complexity index is 3220. The van der Waals surface area contributed by atoms with E-state index in [0.717, 1.165) is 27.6 Å². The molecular formula is C51H32N2. The minimum absolute atomic E-state index is 1.01. The van der Waals surface area contributed by atoms with Crippen LogP contribution >= 0.6 is 0 Å². The van der Waals surface area contributed by atoms with Crippen LogP contribution in [0.15, 0.2) is 194 Å². The zero-order chi connectivity index (χ0) is 34.9. The topological polar surface area (TPSA) is 17.8 Å². The molecule has 0 N–H and O–H groups in total. The monoisotopic (exact) mass is 672 g/mol.